The lowest BCUT2D eigenvalue weighted by Gasteiger charge is -2.11. The molecule has 2 aromatic rings. The summed E-state index contributed by atoms with van der Waals surface area (Å²) in [6.45, 7) is 0.418. The number of thiophene rings is 1. The summed E-state index contributed by atoms with van der Waals surface area (Å²) in [6, 6.07) is 3.32. The highest BCUT2D eigenvalue weighted by atomic mass is 32.1. The highest BCUT2D eigenvalue weighted by Crippen LogP contribution is 2.28. The third-order valence-corrected chi connectivity index (χ3v) is 3.02. The normalized spacial score (nSPS) is 11.4. The molecule has 0 aliphatic carbocycles. The highest BCUT2D eigenvalue weighted by Gasteiger charge is 2.35. The van der Waals surface area contributed by atoms with Crippen LogP contribution in [-0.2, 0) is 12.7 Å². The van der Waals surface area contributed by atoms with Gasteiger partial charge in [-0.25, -0.2) is 9.97 Å². The Morgan fingerprint density at radius 3 is 2.58 bits per heavy atom. The van der Waals surface area contributed by atoms with Gasteiger partial charge in [0.2, 0.25) is 5.82 Å². The standard InChI is InChI=1S/C11H11F3N4S/c1-15-8-4-9(16-5-7-2-3-19-6-7)18-10(17-8)11(12,13)14/h2-4,6H,5H2,1H3,(H2,15,16,17,18). The second-order valence-corrected chi connectivity index (χ2v) is 4.47. The molecule has 0 spiro atoms. The zero-order valence-electron chi connectivity index (χ0n) is 9.95. The van der Waals surface area contributed by atoms with Crippen LogP contribution in [-0.4, -0.2) is 17.0 Å². The number of hydrogen-bond acceptors (Lipinski definition) is 5. The smallest absolute Gasteiger partial charge is 0.373 e. The molecule has 4 nitrogen and oxygen atoms in total. The Morgan fingerprint density at radius 2 is 2.00 bits per heavy atom. The van der Waals surface area contributed by atoms with Crippen LogP contribution in [0, 0.1) is 0 Å². The molecular weight excluding hydrogens is 277 g/mol. The zero-order valence-corrected chi connectivity index (χ0v) is 10.8. The Kier molecular flexibility index (Phi) is 3.89. The first-order valence-electron chi connectivity index (χ1n) is 5.38. The number of aromatic nitrogens is 2. The quantitative estimate of drug-likeness (QED) is 0.907. The van der Waals surface area contributed by atoms with Crippen molar-refractivity contribution in [1.29, 1.82) is 0 Å². The van der Waals surface area contributed by atoms with E-state index in [1.54, 1.807) is 0 Å². The summed E-state index contributed by atoms with van der Waals surface area (Å²) >= 11 is 1.52. The minimum absolute atomic E-state index is 0.121. The largest absolute Gasteiger partial charge is 0.451 e. The first-order chi connectivity index (χ1) is 8.99. The maximum absolute atomic E-state index is 12.6. The minimum atomic E-state index is -4.56. The van der Waals surface area contributed by atoms with E-state index in [2.05, 4.69) is 20.6 Å². The van der Waals surface area contributed by atoms with E-state index in [9.17, 15) is 13.2 Å². The molecule has 0 radical (unpaired) electrons. The van der Waals surface area contributed by atoms with E-state index >= 15 is 0 Å². The molecular formula is C11H11F3N4S. The van der Waals surface area contributed by atoms with E-state index in [0.717, 1.165) is 5.56 Å². The van der Waals surface area contributed by atoms with Crippen molar-refractivity contribution in [2.24, 2.45) is 0 Å². The predicted molar refractivity (Wildman–Crippen MR) is 68.2 cm³/mol. The van der Waals surface area contributed by atoms with Gasteiger partial charge in [0.25, 0.3) is 0 Å². The molecule has 19 heavy (non-hydrogen) atoms. The van der Waals surface area contributed by atoms with Crippen LogP contribution in [0.15, 0.2) is 22.9 Å². The van der Waals surface area contributed by atoms with Crippen LogP contribution in [0.2, 0.25) is 0 Å². The average Bonchev–Trinajstić information content (AvgIpc) is 2.88. The van der Waals surface area contributed by atoms with Crippen molar-refractivity contribution in [2.75, 3.05) is 17.7 Å². The van der Waals surface area contributed by atoms with Crippen LogP contribution in [0.4, 0.5) is 24.8 Å². The van der Waals surface area contributed by atoms with E-state index in [-0.39, 0.29) is 11.6 Å². The van der Waals surface area contributed by atoms with E-state index in [0.29, 0.717) is 6.54 Å². The number of halogens is 3. The molecule has 2 N–H and O–H groups in total. The molecule has 102 valence electrons. The Hall–Kier alpha value is -1.83. The molecule has 0 fully saturated rings. The zero-order chi connectivity index (χ0) is 13.9. The molecule has 0 aliphatic rings. The predicted octanol–water partition coefficient (Wildman–Crippen LogP) is 3.21. The fraction of sp³-hybridized carbons (Fsp3) is 0.273. The van der Waals surface area contributed by atoms with Crippen molar-refractivity contribution >= 4 is 23.0 Å². The molecule has 0 atom stereocenters. The molecule has 0 saturated carbocycles. The van der Waals surface area contributed by atoms with Crippen molar-refractivity contribution < 1.29 is 13.2 Å². The lowest BCUT2D eigenvalue weighted by atomic mass is 10.3. The van der Waals surface area contributed by atoms with E-state index in [4.69, 9.17) is 0 Å². The summed E-state index contributed by atoms with van der Waals surface area (Å²) in [5, 5.41) is 9.25. The van der Waals surface area contributed by atoms with E-state index in [1.165, 1.54) is 24.5 Å². The van der Waals surface area contributed by atoms with Gasteiger partial charge in [-0.05, 0) is 22.4 Å². The van der Waals surface area contributed by atoms with Gasteiger partial charge in [-0.1, -0.05) is 0 Å². The number of hydrogen-bond donors (Lipinski definition) is 2. The van der Waals surface area contributed by atoms with Gasteiger partial charge >= 0.3 is 6.18 Å². The monoisotopic (exact) mass is 288 g/mol. The maximum Gasteiger partial charge on any atom is 0.451 e. The number of nitrogens with zero attached hydrogens (tertiary/aromatic N) is 2. The molecule has 0 bridgehead atoms. The Morgan fingerprint density at radius 1 is 1.26 bits per heavy atom. The van der Waals surface area contributed by atoms with Gasteiger partial charge in [-0.15, -0.1) is 0 Å². The number of anilines is 2. The first-order valence-corrected chi connectivity index (χ1v) is 6.32. The third kappa shape index (κ3) is 3.57. The van der Waals surface area contributed by atoms with Gasteiger partial charge in [-0.3, -0.25) is 0 Å². The molecule has 0 unspecified atom stereocenters. The topological polar surface area (TPSA) is 49.8 Å². The number of nitrogens with one attached hydrogen (secondary N) is 2. The maximum atomic E-state index is 12.6. The van der Waals surface area contributed by atoms with Crippen molar-refractivity contribution in [3.63, 3.8) is 0 Å². The van der Waals surface area contributed by atoms with Crippen LogP contribution in [0.5, 0.6) is 0 Å². The van der Waals surface area contributed by atoms with Crippen LogP contribution in [0.3, 0.4) is 0 Å². The Balaban J connectivity index is 2.19. The summed E-state index contributed by atoms with van der Waals surface area (Å²) in [5.74, 6) is -0.903. The second kappa shape index (κ2) is 5.43. The summed E-state index contributed by atoms with van der Waals surface area (Å²) in [4.78, 5) is 6.85. The Labute approximate surface area is 111 Å². The van der Waals surface area contributed by atoms with Crippen LogP contribution in [0.25, 0.3) is 0 Å². The van der Waals surface area contributed by atoms with Gasteiger partial charge in [0, 0.05) is 19.7 Å². The Bertz CT molecular complexity index is 539. The van der Waals surface area contributed by atoms with Crippen LogP contribution in [0.1, 0.15) is 11.4 Å². The first kappa shape index (κ1) is 13.6. The molecule has 0 aliphatic heterocycles. The molecule has 0 amide bonds. The molecule has 2 heterocycles. The van der Waals surface area contributed by atoms with Gasteiger partial charge in [0.15, 0.2) is 0 Å². The highest BCUT2D eigenvalue weighted by molar-refractivity contribution is 7.07. The SMILES string of the molecule is CNc1cc(NCc2ccsc2)nc(C(F)(F)F)n1. The molecule has 0 saturated heterocycles. The van der Waals surface area contributed by atoms with E-state index < -0.39 is 12.0 Å². The molecule has 0 aromatic carbocycles. The van der Waals surface area contributed by atoms with Crippen molar-refractivity contribution in [3.05, 3.63) is 34.3 Å². The molecule has 2 aromatic heterocycles. The summed E-state index contributed by atoms with van der Waals surface area (Å²) < 4.78 is 37.9. The fourth-order valence-electron chi connectivity index (χ4n) is 1.38. The number of rotatable bonds is 4. The van der Waals surface area contributed by atoms with Crippen molar-refractivity contribution in [1.82, 2.24) is 9.97 Å². The van der Waals surface area contributed by atoms with Crippen molar-refractivity contribution in [2.45, 2.75) is 12.7 Å². The number of alkyl halides is 3. The fourth-order valence-corrected chi connectivity index (χ4v) is 2.05. The van der Waals surface area contributed by atoms with Gasteiger partial charge in [0.05, 0.1) is 0 Å². The molecule has 2 rings (SSSR count). The van der Waals surface area contributed by atoms with Gasteiger partial charge in [-0.2, -0.15) is 24.5 Å². The van der Waals surface area contributed by atoms with Gasteiger partial charge in [0.1, 0.15) is 11.6 Å². The lowest BCUT2D eigenvalue weighted by Crippen LogP contribution is -2.14. The lowest BCUT2D eigenvalue weighted by molar-refractivity contribution is -0.144. The minimum Gasteiger partial charge on any atom is -0.373 e. The summed E-state index contributed by atoms with van der Waals surface area (Å²) in [5.41, 5.74) is 0.989. The van der Waals surface area contributed by atoms with Crippen LogP contribution < -0.4 is 10.6 Å². The van der Waals surface area contributed by atoms with Crippen LogP contribution >= 0.6 is 11.3 Å². The second-order valence-electron chi connectivity index (χ2n) is 3.69. The van der Waals surface area contributed by atoms with Crippen molar-refractivity contribution in [3.8, 4) is 0 Å². The molecule has 8 heteroatoms. The summed E-state index contributed by atoms with van der Waals surface area (Å²) in [6.07, 6.45) is -4.56. The third-order valence-electron chi connectivity index (χ3n) is 2.29. The summed E-state index contributed by atoms with van der Waals surface area (Å²) in [7, 11) is 1.51. The van der Waals surface area contributed by atoms with Gasteiger partial charge < -0.3 is 10.6 Å². The average molecular weight is 288 g/mol. The van der Waals surface area contributed by atoms with E-state index in [1.807, 2.05) is 16.8 Å².